The number of likely N-dealkylation sites (N-methyl/N-ethyl adjacent to an activating group) is 1. The molecule has 0 saturated heterocycles. The van der Waals surface area contributed by atoms with Gasteiger partial charge in [-0.2, -0.15) is 5.10 Å². The monoisotopic (exact) mass is 315 g/mol. The number of hydrogen-bond acceptors (Lipinski definition) is 6. The molecule has 1 aromatic heterocycles. The van der Waals surface area contributed by atoms with Crippen molar-refractivity contribution in [1.82, 2.24) is 14.7 Å². The normalized spacial score (nSPS) is 17.2. The van der Waals surface area contributed by atoms with Gasteiger partial charge in [-0.15, -0.1) is 0 Å². The standard InChI is InChI=1S/C13H25N5O2S/c1-9(10-5-6-10)15-13-11(21(4,19)20)12(14)18(16-13)8-7-17(2)3/h9-10H,5-8,14H2,1-4H3,(H,15,16). The van der Waals surface area contributed by atoms with Crippen LogP contribution in [-0.2, 0) is 16.4 Å². The Morgan fingerprint density at radius 2 is 2.10 bits per heavy atom. The van der Waals surface area contributed by atoms with Gasteiger partial charge in [0.2, 0.25) is 0 Å². The summed E-state index contributed by atoms with van der Waals surface area (Å²) < 4.78 is 25.6. The van der Waals surface area contributed by atoms with Crippen LogP contribution in [0, 0.1) is 5.92 Å². The van der Waals surface area contributed by atoms with Crippen LogP contribution in [0.1, 0.15) is 19.8 Å². The molecule has 0 bridgehead atoms. The quantitative estimate of drug-likeness (QED) is 0.767. The zero-order valence-corrected chi connectivity index (χ0v) is 13.9. The first-order valence-corrected chi connectivity index (χ1v) is 9.07. The van der Waals surface area contributed by atoms with Gasteiger partial charge in [0.1, 0.15) is 5.82 Å². The molecule has 1 heterocycles. The van der Waals surface area contributed by atoms with Crippen molar-refractivity contribution in [2.75, 3.05) is 37.9 Å². The minimum Gasteiger partial charge on any atom is -0.383 e. The summed E-state index contributed by atoms with van der Waals surface area (Å²) in [6.45, 7) is 3.35. The van der Waals surface area contributed by atoms with Gasteiger partial charge in [-0.25, -0.2) is 13.1 Å². The Balaban J connectivity index is 2.30. The van der Waals surface area contributed by atoms with Crippen LogP contribution < -0.4 is 11.1 Å². The second kappa shape index (κ2) is 5.84. The highest BCUT2D eigenvalue weighted by atomic mass is 32.2. The van der Waals surface area contributed by atoms with E-state index in [1.165, 1.54) is 19.1 Å². The van der Waals surface area contributed by atoms with Gasteiger partial charge in [-0.3, -0.25) is 0 Å². The molecule has 0 aliphatic heterocycles. The summed E-state index contributed by atoms with van der Waals surface area (Å²) in [5, 5.41) is 7.60. The van der Waals surface area contributed by atoms with E-state index in [1.807, 2.05) is 19.0 Å². The molecular formula is C13H25N5O2S. The lowest BCUT2D eigenvalue weighted by Crippen LogP contribution is -2.20. The molecule has 1 aromatic rings. The lowest BCUT2D eigenvalue weighted by molar-refractivity contribution is 0.375. The largest absolute Gasteiger partial charge is 0.383 e. The molecule has 8 heteroatoms. The van der Waals surface area contributed by atoms with Crippen molar-refractivity contribution in [3.05, 3.63) is 0 Å². The van der Waals surface area contributed by atoms with Gasteiger partial charge in [0.15, 0.2) is 20.6 Å². The summed E-state index contributed by atoms with van der Waals surface area (Å²) in [5.41, 5.74) is 6.01. The van der Waals surface area contributed by atoms with Crippen molar-refractivity contribution >= 4 is 21.5 Å². The van der Waals surface area contributed by atoms with Crippen LogP contribution in [-0.4, -0.2) is 56.0 Å². The molecule has 21 heavy (non-hydrogen) atoms. The lowest BCUT2D eigenvalue weighted by Gasteiger charge is -2.12. The first-order chi connectivity index (χ1) is 9.70. The number of nitrogen functional groups attached to an aromatic ring is 1. The number of anilines is 2. The lowest BCUT2D eigenvalue weighted by atomic mass is 10.2. The topological polar surface area (TPSA) is 93.2 Å². The van der Waals surface area contributed by atoms with Crippen LogP contribution in [0.4, 0.5) is 11.6 Å². The van der Waals surface area contributed by atoms with E-state index in [4.69, 9.17) is 5.73 Å². The molecule has 0 spiro atoms. The molecule has 3 N–H and O–H groups in total. The third-order valence-electron chi connectivity index (χ3n) is 3.77. The first-order valence-electron chi connectivity index (χ1n) is 7.17. The molecule has 120 valence electrons. The average molecular weight is 315 g/mol. The highest BCUT2D eigenvalue weighted by Gasteiger charge is 2.31. The van der Waals surface area contributed by atoms with Crippen LogP contribution in [0.15, 0.2) is 4.90 Å². The number of sulfone groups is 1. The summed E-state index contributed by atoms with van der Waals surface area (Å²) in [5.74, 6) is 1.20. The van der Waals surface area contributed by atoms with E-state index in [2.05, 4.69) is 17.3 Å². The number of hydrogen-bond donors (Lipinski definition) is 2. The van der Waals surface area contributed by atoms with Crippen LogP contribution in [0.3, 0.4) is 0 Å². The maximum absolute atomic E-state index is 12.0. The summed E-state index contributed by atoms with van der Waals surface area (Å²) >= 11 is 0. The number of rotatable bonds is 7. The molecule has 1 unspecified atom stereocenters. The molecule has 0 aromatic carbocycles. The fourth-order valence-electron chi connectivity index (χ4n) is 2.31. The summed E-state index contributed by atoms with van der Waals surface area (Å²) in [6.07, 6.45) is 3.53. The smallest absolute Gasteiger partial charge is 0.182 e. The molecule has 0 radical (unpaired) electrons. The number of aromatic nitrogens is 2. The third-order valence-corrected chi connectivity index (χ3v) is 4.91. The van der Waals surface area contributed by atoms with Crippen LogP contribution in [0.5, 0.6) is 0 Å². The maximum Gasteiger partial charge on any atom is 0.182 e. The molecule has 0 amide bonds. The SMILES string of the molecule is CC(Nc1nn(CCN(C)C)c(N)c1S(C)(=O)=O)C1CC1. The highest BCUT2D eigenvalue weighted by Crippen LogP contribution is 2.35. The molecule has 1 aliphatic carbocycles. The zero-order chi connectivity index (χ0) is 15.8. The third kappa shape index (κ3) is 3.88. The minimum absolute atomic E-state index is 0.119. The predicted molar refractivity (Wildman–Crippen MR) is 84.1 cm³/mol. The molecule has 7 nitrogen and oxygen atoms in total. The summed E-state index contributed by atoms with van der Waals surface area (Å²) in [4.78, 5) is 2.12. The van der Waals surface area contributed by atoms with Crippen LogP contribution in [0.25, 0.3) is 0 Å². The summed E-state index contributed by atoms with van der Waals surface area (Å²) in [7, 11) is 0.483. The second-order valence-electron chi connectivity index (χ2n) is 6.13. The van der Waals surface area contributed by atoms with Crippen molar-refractivity contribution < 1.29 is 8.42 Å². The van der Waals surface area contributed by atoms with E-state index in [-0.39, 0.29) is 16.8 Å². The van der Waals surface area contributed by atoms with E-state index < -0.39 is 9.84 Å². The predicted octanol–water partition coefficient (Wildman–Crippen LogP) is 0.641. The Morgan fingerprint density at radius 1 is 1.48 bits per heavy atom. The van der Waals surface area contributed by atoms with Gasteiger partial charge in [0.05, 0.1) is 6.54 Å². The average Bonchev–Trinajstić information content (AvgIpc) is 3.11. The van der Waals surface area contributed by atoms with Gasteiger partial charge < -0.3 is 16.0 Å². The Hall–Kier alpha value is -1.28. The fourth-order valence-corrected chi connectivity index (χ4v) is 3.25. The molecular weight excluding hydrogens is 290 g/mol. The molecule has 1 fully saturated rings. The van der Waals surface area contributed by atoms with Crippen LogP contribution >= 0.6 is 0 Å². The number of nitrogens with zero attached hydrogens (tertiary/aromatic N) is 3. The molecule has 1 saturated carbocycles. The van der Waals surface area contributed by atoms with Gasteiger partial charge in [-0.1, -0.05) is 0 Å². The first kappa shape index (κ1) is 16.1. The summed E-state index contributed by atoms with van der Waals surface area (Å²) in [6, 6.07) is 0.210. The maximum atomic E-state index is 12.0. The van der Waals surface area contributed by atoms with E-state index in [0.29, 0.717) is 18.3 Å². The van der Waals surface area contributed by atoms with Crippen molar-refractivity contribution in [2.24, 2.45) is 5.92 Å². The Labute approximate surface area is 126 Å². The van der Waals surface area contributed by atoms with Gasteiger partial charge in [0.25, 0.3) is 0 Å². The Morgan fingerprint density at radius 3 is 2.57 bits per heavy atom. The molecule has 2 rings (SSSR count). The van der Waals surface area contributed by atoms with E-state index in [0.717, 1.165) is 6.54 Å². The Bertz CT molecular complexity index is 604. The highest BCUT2D eigenvalue weighted by molar-refractivity contribution is 7.91. The second-order valence-corrected chi connectivity index (χ2v) is 8.08. The molecule has 1 atom stereocenters. The minimum atomic E-state index is -3.42. The van der Waals surface area contributed by atoms with E-state index in [9.17, 15) is 8.42 Å². The van der Waals surface area contributed by atoms with Gasteiger partial charge in [-0.05, 0) is 39.8 Å². The number of nitrogens with two attached hydrogens (primary N) is 1. The van der Waals surface area contributed by atoms with E-state index >= 15 is 0 Å². The van der Waals surface area contributed by atoms with Crippen molar-refractivity contribution in [3.63, 3.8) is 0 Å². The van der Waals surface area contributed by atoms with Crippen LogP contribution in [0.2, 0.25) is 0 Å². The fraction of sp³-hybridized carbons (Fsp3) is 0.769. The van der Waals surface area contributed by atoms with Crippen molar-refractivity contribution in [3.8, 4) is 0 Å². The molecule has 1 aliphatic rings. The Kier molecular flexibility index (Phi) is 4.48. The van der Waals surface area contributed by atoms with E-state index in [1.54, 1.807) is 4.68 Å². The van der Waals surface area contributed by atoms with Crippen molar-refractivity contribution in [1.29, 1.82) is 0 Å². The number of nitrogens with one attached hydrogen (secondary N) is 1. The van der Waals surface area contributed by atoms with Gasteiger partial charge in [0, 0.05) is 18.8 Å². The zero-order valence-electron chi connectivity index (χ0n) is 13.1. The van der Waals surface area contributed by atoms with Gasteiger partial charge >= 0.3 is 0 Å². The van der Waals surface area contributed by atoms with Crippen molar-refractivity contribution in [2.45, 2.75) is 37.2 Å².